The molecule has 0 aliphatic carbocycles. The summed E-state index contributed by atoms with van der Waals surface area (Å²) in [5, 5.41) is 2.62. The highest BCUT2D eigenvalue weighted by Crippen LogP contribution is 2.29. The quantitative estimate of drug-likeness (QED) is 0.550. The first-order chi connectivity index (χ1) is 15.4. The highest BCUT2D eigenvalue weighted by molar-refractivity contribution is 5.96. The van der Waals surface area contributed by atoms with Crippen LogP contribution in [0.3, 0.4) is 0 Å². The molecule has 0 aliphatic rings. The molecule has 0 bridgehead atoms. The molecular formula is C25H24N2O5. The van der Waals surface area contributed by atoms with Gasteiger partial charge >= 0.3 is 5.97 Å². The van der Waals surface area contributed by atoms with E-state index in [1.54, 1.807) is 44.4 Å². The Labute approximate surface area is 186 Å². The van der Waals surface area contributed by atoms with Gasteiger partial charge in [0.1, 0.15) is 5.75 Å². The molecular weight excluding hydrogens is 408 g/mol. The number of anilines is 1. The molecule has 0 spiro atoms. The zero-order valence-electron chi connectivity index (χ0n) is 17.9. The van der Waals surface area contributed by atoms with Crippen molar-refractivity contribution in [2.75, 3.05) is 32.6 Å². The van der Waals surface area contributed by atoms with E-state index < -0.39 is 18.5 Å². The van der Waals surface area contributed by atoms with Gasteiger partial charge in [0.25, 0.3) is 11.8 Å². The average molecular weight is 432 g/mol. The van der Waals surface area contributed by atoms with Gasteiger partial charge in [0.15, 0.2) is 13.2 Å². The molecule has 1 N–H and O–H groups in total. The van der Waals surface area contributed by atoms with Crippen molar-refractivity contribution in [3.05, 3.63) is 84.4 Å². The third kappa shape index (κ3) is 6.18. The largest absolute Gasteiger partial charge is 0.481 e. The number of esters is 1. The van der Waals surface area contributed by atoms with Gasteiger partial charge in [-0.25, -0.2) is 4.79 Å². The molecule has 3 aromatic rings. The third-order valence-corrected chi connectivity index (χ3v) is 4.50. The van der Waals surface area contributed by atoms with Crippen molar-refractivity contribution in [2.45, 2.75) is 0 Å². The Kier molecular flexibility index (Phi) is 7.59. The van der Waals surface area contributed by atoms with Crippen LogP contribution in [0, 0.1) is 0 Å². The maximum Gasteiger partial charge on any atom is 0.344 e. The summed E-state index contributed by atoms with van der Waals surface area (Å²) >= 11 is 0. The van der Waals surface area contributed by atoms with Crippen molar-refractivity contribution in [1.29, 1.82) is 0 Å². The van der Waals surface area contributed by atoms with Crippen LogP contribution in [-0.2, 0) is 14.3 Å². The van der Waals surface area contributed by atoms with E-state index in [-0.39, 0.29) is 12.5 Å². The second-order valence-corrected chi connectivity index (χ2v) is 7.14. The van der Waals surface area contributed by atoms with Crippen LogP contribution in [0.1, 0.15) is 10.4 Å². The minimum Gasteiger partial charge on any atom is -0.481 e. The molecule has 2 amide bonds. The summed E-state index contributed by atoms with van der Waals surface area (Å²) in [5.74, 6) is -0.734. The number of para-hydroxylation sites is 1. The number of nitrogens with one attached hydrogen (secondary N) is 1. The predicted octanol–water partition coefficient (Wildman–Crippen LogP) is 3.62. The fourth-order valence-electron chi connectivity index (χ4n) is 2.92. The van der Waals surface area contributed by atoms with E-state index in [9.17, 15) is 14.4 Å². The van der Waals surface area contributed by atoms with E-state index in [4.69, 9.17) is 9.47 Å². The third-order valence-electron chi connectivity index (χ3n) is 4.50. The van der Waals surface area contributed by atoms with Crippen LogP contribution in [0.4, 0.5) is 5.69 Å². The van der Waals surface area contributed by atoms with Crippen LogP contribution in [0.15, 0.2) is 78.9 Å². The van der Waals surface area contributed by atoms with E-state index >= 15 is 0 Å². The van der Waals surface area contributed by atoms with Gasteiger partial charge in [0, 0.05) is 30.9 Å². The van der Waals surface area contributed by atoms with E-state index in [1.165, 1.54) is 4.90 Å². The van der Waals surface area contributed by atoms with E-state index in [0.29, 0.717) is 17.0 Å². The maximum absolute atomic E-state index is 12.1. The molecule has 0 heterocycles. The zero-order valence-corrected chi connectivity index (χ0v) is 17.9. The minimum atomic E-state index is -0.657. The number of hydrogen-bond acceptors (Lipinski definition) is 5. The Bertz CT molecular complexity index is 1080. The van der Waals surface area contributed by atoms with Gasteiger partial charge in [-0.05, 0) is 35.9 Å². The van der Waals surface area contributed by atoms with Crippen molar-refractivity contribution in [2.24, 2.45) is 0 Å². The summed E-state index contributed by atoms with van der Waals surface area (Å²) in [7, 11) is 3.33. The molecule has 0 saturated heterocycles. The summed E-state index contributed by atoms with van der Waals surface area (Å²) in [6.45, 7) is -0.765. The highest BCUT2D eigenvalue weighted by Gasteiger charge is 2.12. The molecule has 7 nitrogen and oxygen atoms in total. The molecule has 0 aromatic heterocycles. The van der Waals surface area contributed by atoms with Crippen LogP contribution in [-0.4, -0.2) is 50.0 Å². The summed E-state index contributed by atoms with van der Waals surface area (Å²) in [6.07, 6.45) is 0. The minimum absolute atomic E-state index is 0.134. The number of amides is 2. The van der Waals surface area contributed by atoms with Crippen molar-refractivity contribution in [3.63, 3.8) is 0 Å². The first kappa shape index (κ1) is 22.6. The summed E-state index contributed by atoms with van der Waals surface area (Å²) in [6, 6.07) is 23.5. The predicted molar refractivity (Wildman–Crippen MR) is 121 cm³/mol. The lowest BCUT2D eigenvalue weighted by Crippen LogP contribution is -2.24. The Morgan fingerprint density at radius 3 is 2.16 bits per heavy atom. The van der Waals surface area contributed by atoms with Crippen molar-refractivity contribution in [1.82, 2.24) is 4.90 Å². The van der Waals surface area contributed by atoms with Crippen LogP contribution >= 0.6 is 0 Å². The topological polar surface area (TPSA) is 84.9 Å². The molecule has 3 rings (SSSR count). The van der Waals surface area contributed by atoms with Gasteiger partial charge in [-0.15, -0.1) is 0 Å². The van der Waals surface area contributed by atoms with Gasteiger partial charge in [0.2, 0.25) is 0 Å². The molecule has 0 atom stereocenters. The molecule has 0 fully saturated rings. The van der Waals surface area contributed by atoms with Crippen molar-refractivity contribution in [3.8, 4) is 16.9 Å². The van der Waals surface area contributed by atoms with Crippen LogP contribution in [0.25, 0.3) is 11.1 Å². The van der Waals surface area contributed by atoms with Crippen LogP contribution < -0.4 is 10.1 Å². The fraction of sp³-hybridized carbons (Fsp3) is 0.160. The number of carbonyl (C=O) groups excluding carboxylic acids is 3. The Morgan fingerprint density at radius 1 is 0.812 bits per heavy atom. The molecule has 164 valence electrons. The van der Waals surface area contributed by atoms with E-state index in [2.05, 4.69) is 5.32 Å². The van der Waals surface area contributed by atoms with Gasteiger partial charge in [0.05, 0.1) is 0 Å². The first-order valence-corrected chi connectivity index (χ1v) is 9.98. The number of carbonyl (C=O) groups is 3. The Balaban J connectivity index is 1.48. The average Bonchev–Trinajstić information content (AvgIpc) is 2.82. The molecule has 0 unspecified atom stereocenters. The summed E-state index contributed by atoms with van der Waals surface area (Å²) < 4.78 is 10.6. The SMILES string of the molecule is CN(C)C(=O)c1ccc(NC(=O)COC(=O)COc2ccccc2-c2ccccc2)cc1. The smallest absolute Gasteiger partial charge is 0.344 e. The number of nitrogens with zero attached hydrogens (tertiary/aromatic N) is 1. The molecule has 0 saturated carbocycles. The lowest BCUT2D eigenvalue weighted by molar-refractivity contribution is -0.149. The van der Waals surface area contributed by atoms with Gasteiger partial charge in [-0.3, -0.25) is 9.59 Å². The fourth-order valence-corrected chi connectivity index (χ4v) is 2.92. The van der Waals surface area contributed by atoms with Crippen LogP contribution in [0.5, 0.6) is 5.75 Å². The van der Waals surface area contributed by atoms with Crippen LogP contribution in [0.2, 0.25) is 0 Å². The summed E-state index contributed by atoms with van der Waals surface area (Å²) in [5.41, 5.74) is 2.82. The normalized spacial score (nSPS) is 10.2. The number of hydrogen-bond donors (Lipinski definition) is 1. The number of benzene rings is 3. The lowest BCUT2D eigenvalue weighted by Gasteiger charge is -2.12. The molecule has 0 radical (unpaired) electrons. The Hall–Kier alpha value is -4.13. The molecule has 3 aromatic carbocycles. The van der Waals surface area contributed by atoms with Gasteiger partial charge in [-0.2, -0.15) is 0 Å². The second-order valence-electron chi connectivity index (χ2n) is 7.14. The Morgan fingerprint density at radius 2 is 1.47 bits per heavy atom. The number of ether oxygens (including phenoxy) is 2. The molecule has 7 heteroatoms. The van der Waals surface area contributed by atoms with Gasteiger partial charge in [-0.1, -0.05) is 48.5 Å². The van der Waals surface area contributed by atoms with Gasteiger partial charge < -0.3 is 19.7 Å². The zero-order chi connectivity index (χ0) is 22.9. The molecule has 0 aliphatic heterocycles. The lowest BCUT2D eigenvalue weighted by atomic mass is 10.1. The summed E-state index contributed by atoms with van der Waals surface area (Å²) in [4.78, 5) is 37.4. The van der Waals surface area contributed by atoms with Crippen molar-refractivity contribution >= 4 is 23.5 Å². The van der Waals surface area contributed by atoms with Crippen molar-refractivity contribution < 1.29 is 23.9 Å². The van der Waals surface area contributed by atoms with E-state index in [1.807, 2.05) is 48.5 Å². The monoisotopic (exact) mass is 432 g/mol. The second kappa shape index (κ2) is 10.8. The highest BCUT2D eigenvalue weighted by atomic mass is 16.6. The standard InChI is InChI=1S/C25H24N2O5/c1-27(2)25(30)19-12-14-20(15-13-19)26-23(28)16-32-24(29)17-31-22-11-7-6-10-21(22)18-8-4-3-5-9-18/h3-15H,16-17H2,1-2H3,(H,26,28). The maximum atomic E-state index is 12.1. The molecule has 32 heavy (non-hydrogen) atoms. The van der Waals surface area contributed by atoms with E-state index in [0.717, 1.165) is 11.1 Å². The first-order valence-electron chi connectivity index (χ1n) is 9.98. The number of rotatable bonds is 8.